The fourth-order valence-electron chi connectivity index (χ4n) is 2.01. The van der Waals surface area contributed by atoms with Crippen LogP contribution in [0.15, 0.2) is 0 Å². The SMILES string of the molecule is O=CCCC1C2CCOC12. The maximum absolute atomic E-state index is 10.0. The van der Waals surface area contributed by atoms with E-state index in [4.69, 9.17) is 4.74 Å². The second-order valence-corrected chi connectivity index (χ2v) is 3.20. The molecule has 56 valence electrons. The summed E-state index contributed by atoms with van der Waals surface area (Å²) in [5, 5.41) is 0. The molecular weight excluding hydrogens is 128 g/mol. The van der Waals surface area contributed by atoms with E-state index >= 15 is 0 Å². The molecule has 2 aliphatic rings. The van der Waals surface area contributed by atoms with Gasteiger partial charge in [-0.1, -0.05) is 0 Å². The minimum atomic E-state index is 0.542. The lowest BCUT2D eigenvalue weighted by atomic mass is 10.1. The summed E-state index contributed by atoms with van der Waals surface area (Å²) in [6, 6.07) is 0. The molecule has 0 amide bonds. The number of aldehydes is 1. The summed E-state index contributed by atoms with van der Waals surface area (Å²) >= 11 is 0. The Morgan fingerprint density at radius 2 is 2.50 bits per heavy atom. The van der Waals surface area contributed by atoms with E-state index in [1.54, 1.807) is 0 Å². The number of ether oxygens (including phenoxy) is 1. The summed E-state index contributed by atoms with van der Waals surface area (Å²) in [7, 11) is 0. The van der Waals surface area contributed by atoms with Crippen LogP contribution < -0.4 is 0 Å². The zero-order chi connectivity index (χ0) is 6.97. The van der Waals surface area contributed by atoms with Crippen LogP contribution >= 0.6 is 0 Å². The van der Waals surface area contributed by atoms with E-state index in [1.165, 1.54) is 6.42 Å². The first-order valence-corrected chi connectivity index (χ1v) is 3.98. The number of carbonyl (C=O) groups excluding carboxylic acids is 1. The smallest absolute Gasteiger partial charge is 0.120 e. The first-order valence-electron chi connectivity index (χ1n) is 3.98. The quantitative estimate of drug-likeness (QED) is 0.547. The number of hydrogen-bond acceptors (Lipinski definition) is 2. The van der Waals surface area contributed by atoms with Crippen molar-refractivity contribution >= 4 is 6.29 Å². The third-order valence-electron chi connectivity index (χ3n) is 2.63. The van der Waals surface area contributed by atoms with Gasteiger partial charge >= 0.3 is 0 Å². The van der Waals surface area contributed by atoms with Crippen molar-refractivity contribution < 1.29 is 9.53 Å². The lowest BCUT2D eigenvalue weighted by molar-refractivity contribution is -0.108. The Morgan fingerprint density at radius 1 is 1.60 bits per heavy atom. The second-order valence-electron chi connectivity index (χ2n) is 3.20. The van der Waals surface area contributed by atoms with Gasteiger partial charge in [-0.05, 0) is 24.7 Å². The molecule has 0 spiro atoms. The molecule has 0 N–H and O–H groups in total. The minimum Gasteiger partial charge on any atom is -0.378 e. The van der Waals surface area contributed by atoms with Gasteiger partial charge in [-0.2, -0.15) is 0 Å². The molecule has 1 aliphatic carbocycles. The molecule has 0 aromatic rings. The molecule has 1 heterocycles. The first-order chi connectivity index (χ1) is 4.93. The Labute approximate surface area is 60.6 Å². The van der Waals surface area contributed by atoms with Crippen LogP contribution in [0.1, 0.15) is 19.3 Å². The maximum Gasteiger partial charge on any atom is 0.120 e. The van der Waals surface area contributed by atoms with E-state index in [2.05, 4.69) is 0 Å². The molecule has 2 rings (SSSR count). The van der Waals surface area contributed by atoms with E-state index in [9.17, 15) is 4.79 Å². The standard InChI is InChI=1S/C8H12O2/c9-4-1-2-6-7-3-5-10-8(6)7/h4,6-8H,1-3,5H2. The Kier molecular flexibility index (Phi) is 1.49. The van der Waals surface area contributed by atoms with Gasteiger partial charge in [0.15, 0.2) is 0 Å². The fraction of sp³-hybridized carbons (Fsp3) is 0.875. The lowest BCUT2D eigenvalue weighted by Crippen LogP contribution is -1.96. The van der Waals surface area contributed by atoms with Crippen LogP contribution in [0.5, 0.6) is 0 Å². The average molecular weight is 140 g/mol. The predicted octanol–water partition coefficient (Wildman–Crippen LogP) is 1.00. The van der Waals surface area contributed by atoms with Crippen molar-refractivity contribution in [3.63, 3.8) is 0 Å². The molecule has 10 heavy (non-hydrogen) atoms. The Bertz CT molecular complexity index is 134. The summed E-state index contributed by atoms with van der Waals surface area (Å²) in [5.41, 5.74) is 0. The van der Waals surface area contributed by atoms with Crippen LogP contribution in [0.4, 0.5) is 0 Å². The van der Waals surface area contributed by atoms with Crippen molar-refractivity contribution in [2.45, 2.75) is 25.4 Å². The fourth-order valence-corrected chi connectivity index (χ4v) is 2.01. The Morgan fingerprint density at radius 3 is 3.10 bits per heavy atom. The number of hydrogen-bond donors (Lipinski definition) is 0. The number of carbonyl (C=O) groups is 1. The maximum atomic E-state index is 10.0. The summed E-state index contributed by atoms with van der Waals surface area (Å²) in [6.45, 7) is 0.951. The van der Waals surface area contributed by atoms with Crippen molar-refractivity contribution in [2.24, 2.45) is 11.8 Å². The van der Waals surface area contributed by atoms with Crippen LogP contribution in [-0.4, -0.2) is 19.0 Å². The molecule has 1 saturated heterocycles. The molecule has 2 fully saturated rings. The van der Waals surface area contributed by atoms with Gasteiger partial charge in [0, 0.05) is 13.0 Å². The third kappa shape index (κ3) is 0.870. The van der Waals surface area contributed by atoms with Crippen molar-refractivity contribution in [1.29, 1.82) is 0 Å². The zero-order valence-electron chi connectivity index (χ0n) is 5.95. The van der Waals surface area contributed by atoms with E-state index in [1.807, 2.05) is 0 Å². The van der Waals surface area contributed by atoms with E-state index in [0.29, 0.717) is 6.10 Å². The summed E-state index contributed by atoms with van der Waals surface area (Å²) < 4.78 is 5.42. The largest absolute Gasteiger partial charge is 0.378 e. The van der Waals surface area contributed by atoms with E-state index in [-0.39, 0.29) is 0 Å². The molecule has 3 atom stereocenters. The molecule has 2 nitrogen and oxygen atoms in total. The van der Waals surface area contributed by atoms with Gasteiger partial charge in [0.05, 0.1) is 6.10 Å². The predicted molar refractivity (Wildman–Crippen MR) is 36.6 cm³/mol. The van der Waals surface area contributed by atoms with Gasteiger partial charge in [-0.15, -0.1) is 0 Å². The van der Waals surface area contributed by atoms with Crippen LogP contribution in [0.3, 0.4) is 0 Å². The van der Waals surface area contributed by atoms with E-state index < -0.39 is 0 Å². The first kappa shape index (κ1) is 6.35. The van der Waals surface area contributed by atoms with E-state index in [0.717, 1.165) is 37.6 Å². The molecule has 0 aromatic carbocycles. The molecule has 0 bridgehead atoms. The molecule has 1 saturated carbocycles. The molecule has 3 unspecified atom stereocenters. The molecular formula is C8H12O2. The van der Waals surface area contributed by atoms with Gasteiger partial charge in [0.2, 0.25) is 0 Å². The van der Waals surface area contributed by atoms with Gasteiger partial charge in [-0.25, -0.2) is 0 Å². The number of rotatable bonds is 3. The van der Waals surface area contributed by atoms with Crippen LogP contribution in [0, 0.1) is 11.8 Å². The highest BCUT2D eigenvalue weighted by Gasteiger charge is 2.53. The van der Waals surface area contributed by atoms with Crippen molar-refractivity contribution in [2.75, 3.05) is 6.61 Å². The monoisotopic (exact) mass is 140 g/mol. The highest BCUT2D eigenvalue weighted by Crippen LogP contribution is 2.51. The lowest BCUT2D eigenvalue weighted by Gasteiger charge is -1.98. The van der Waals surface area contributed by atoms with Gasteiger partial charge in [0.25, 0.3) is 0 Å². The normalized spacial score (nSPS) is 43.0. The Balaban J connectivity index is 1.74. The van der Waals surface area contributed by atoms with Crippen LogP contribution in [0.2, 0.25) is 0 Å². The van der Waals surface area contributed by atoms with Crippen molar-refractivity contribution in [3.05, 3.63) is 0 Å². The summed E-state index contributed by atoms with van der Waals surface area (Å²) in [6.07, 6.45) is 4.56. The van der Waals surface area contributed by atoms with Gasteiger partial charge in [-0.3, -0.25) is 0 Å². The zero-order valence-corrected chi connectivity index (χ0v) is 5.95. The molecule has 1 aliphatic heterocycles. The topological polar surface area (TPSA) is 26.3 Å². The number of fused-ring (bicyclic) bond motifs is 1. The highest BCUT2D eigenvalue weighted by molar-refractivity contribution is 5.49. The Hall–Kier alpha value is -0.370. The average Bonchev–Trinajstić information content (AvgIpc) is 2.46. The molecule has 0 aromatic heterocycles. The summed E-state index contributed by atoms with van der Waals surface area (Å²) in [4.78, 5) is 10.0. The highest BCUT2D eigenvalue weighted by atomic mass is 16.5. The molecule has 0 radical (unpaired) electrons. The minimum absolute atomic E-state index is 0.542. The van der Waals surface area contributed by atoms with Crippen molar-refractivity contribution in [1.82, 2.24) is 0 Å². The van der Waals surface area contributed by atoms with Crippen molar-refractivity contribution in [3.8, 4) is 0 Å². The third-order valence-corrected chi connectivity index (χ3v) is 2.63. The van der Waals surface area contributed by atoms with Gasteiger partial charge in [0.1, 0.15) is 6.29 Å². The van der Waals surface area contributed by atoms with Gasteiger partial charge < -0.3 is 9.53 Å². The second kappa shape index (κ2) is 2.35. The van der Waals surface area contributed by atoms with Crippen LogP contribution in [0.25, 0.3) is 0 Å². The summed E-state index contributed by atoms with van der Waals surface area (Å²) in [5.74, 6) is 1.55. The van der Waals surface area contributed by atoms with Crippen LogP contribution in [-0.2, 0) is 9.53 Å². The molecule has 2 heteroatoms.